The zero-order valence-electron chi connectivity index (χ0n) is 15.2. The van der Waals surface area contributed by atoms with Crippen LogP contribution in [0, 0.1) is 11.3 Å². The predicted octanol–water partition coefficient (Wildman–Crippen LogP) is 3.91. The van der Waals surface area contributed by atoms with Crippen LogP contribution in [0.4, 0.5) is 0 Å². The van der Waals surface area contributed by atoms with Crippen LogP contribution in [0.3, 0.4) is 0 Å². The summed E-state index contributed by atoms with van der Waals surface area (Å²) in [6.07, 6.45) is 7.34. The fourth-order valence-corrected chi connectivity index (χ4v) is 4.18. The van der Waals surface area contributed by atoms with Gasteiger partial charge in [-0.3, -0.25) is 15.0 Å². The number of nitrogens with zero attached hydrogens (tertiary/aromatic N) is 4. The van der Waals surface area contributed by atoms with Gasteiger partial charge in [-0.25, -0.2) is 0 Å². The highest BCUT2D eigenvalue weighted by Gasteiger charge is 2.29. The average molecular weight is 385 g/mol. The second-order valence-electron chi connectivity index (χ2n) is 6.44. The summed E-state index contributed by atoms with van der Waals surface area (Å²) < 4.78 is 0. The number of amidine groups is 1. The molecule has 0 amide bonds. The summed E-state index contributed by atoms with van der Waals surface area (Å²) in [7, 11) is 0. The first-order chi connectivity index (χ1) is 13.8. The van der Waals surface area contributed by atoms with E-state index in [1.165, 1.54) is 0 Å². The van der Waals surface area contributed by atoms with Gasteiger partial charge in [0, 0.05) is 36.5 Å². The molecule has 3 aromatic rings. The van der Waals surface area contributed by atoms with Crippen LogP contribution in [0.5, 0.6) is 0 Å². The Bertz CT molecular complexity index is 959. The van der Waals surface area contributed by atoms with E-state index in [9.17, 15) is 5.26 Å². The zero-order chi connectivity index (χ0) is 19.2. The van der Waals surface area contributed by atoms with Crippen molar-refractivity contribution in [2.75, 3.05) is 12.3 Å². The van der Waals surface area contributed by atoms with Gasteiger partial charge in [-0.2, -0.15) is 5.26 Å². The molecular weight excluding hydrogens is 366 g/mol. The molecule has 0 spiro atoms. The third-order valence-electron chi connectivity index (χ3n) is 4.66. The molecule has 1 unspecified atom stereocenters. The maximum absolute atomic E-state index is 9.38. The molecule has 0 saturated carbocycles. The highest BCUT2D eigenvalue weighted by Crippen LogP contribution is 2.37. The largest absolute Gasteiger partial charge is 0.357 e. The molecule has 0 fully saturated rings. The van der Waals surface area contributed by atoms with Crippen LogP contribution in [0.25, 0.3) is 0 Å². The summed E-state index contributed by atoms with van der Waals surface area (Å²) in [5.41, 5.74) is 3.84. The first kappa shape index (κ1) is 18.2. The lowest BCUT2D eigenvalue weighted by Gasteiger charge is -2.29. The highest BCUT2D eigenvalue weighted by atomic mass is 32.2. The molecule has 1 aliphatic rings. The molecule has 0 aliphatic carbocycles. The van der Waals surface area contributed by atoms with Crippen molar-refractivity contribution in [1.82, 2.24) is 15.3 Å². The minimum Gasteiger partial charge on any atom is -0.357 e. The predicted molar refractivity (Wildman–Crippen MR) is 112 cm³/mol. The average Bonchev–Trinajstić information content (AvgIpc) is 3.28. The van der Waals surface area contributed by atoms with E-state index in [1.807, 2.05) is 42.7 Å². The summed E-state index contributed by atoms with van der Waals surface area (Å²) >= 11 is 1.73. The van der Waals surface area contributed by atoms with E-state index in [1.54, 1.807) is 24.2 Å². The number of hydrogen-bond donors (Lipinski definition) is 1. The lowest BCUT2D eigenvalue weighted by Crippen LogP contribution is -2.31. The molecule has 2 aromatic heterocycles. The van der Waals surface area contributed by atoms with E-state index in [0.717, 1.165) is 34.2 Å². The molecule has 3 heterocycles. The summed E-state index contributed by atoms with van der Waals surface area (Å²) in [6, 6.07) is 17.9. The molecule has 0 saturated heterocycles. The van der Waals surface area contributed by atoms with Crippen LogP contribution in [0.15, 0.2) is 78.3 Å². The van der Waals surface area contributed by atoms with Gasteiger partial charge in [-0.05, 0) is 41.0 Å². The molecule has 0 bridgehead atoms. The Morgan fingerprint density at radius 2 is 1.68 bits per heavy atom. The van der Waals surface area contributed by atoms with Gasteiger partial charge in [-0.1, -0.05) is 36.0 Å². The number of hydrogen-bond acceptors (Lipinski definition) is 6. The third-order valence-corrected chi connectivity index (χ3v) is 5.57. The van der Waals surface area contributed by atoms with E-state index in [4.69, 9.17) is 0 Å². The zero-order valence-corrected chi connectivity index (χ0v) is 16.0. The number of rotatable bonds is 5. The molecule has 1 atom stereocenters. The quantitative estimate of drug-likeness (QED) is 0.721. The second-order valence-corrected chi connectivity index (χ2v) is 7.53. The molecular formula is C22H19N5S. The minimum atomic E-state index is -0.106. The van der Waals surface area contributed by atoms with Crippen molar-refractivity contribution in [3.8, 4) is 6.07 Å². The monoisotopic (exact) mass is 385 g/mol. The molecule has 1 aliphatic heterocycles. The number of thioether (sulfide) groups is 1. The Morgan fingerprint density at radius 1 is 0.964 bits per heavy atom. The third kappa shape index (κ3) is 4.05. The summed E-state index contributed by atoms with van der Waals surface area (Å²) in [6.45, 7) is 0.822. The summed E-state index contributed by atoms with van der Waals surface area (Å²) in [4.78, 5) is 13.3. The van der Waals surface area contributed by atoms with Gasteiger partial charge in [0.25, 0.3) is 0 Å². The van der Waals surface area contributed by atoms with Crippen LogP contribution in [0.1, 0.15) is 34.2 Å². The van der Waals surface area contributed by atoms with Crippen LogP contribution < -0.4 is 5.32 Å². The number of aliphatic imine (C=N–C) groups is 1. The first-order valence-corrected chi connectivity index (χ1v) is 10.1. The molecule has 6 heteroatoms. The Morgan fingerprint density at radius 3 is 2.25 bits per heavy atom. The second kappa shape index (κ2) is 8.68. The Hall–Kier alpha value is -3.17. The van der Waals surface area contributed by atoms with E-state index >= 15 is 0 Å². The number of pyridine rings is 2. The fourth-order valence-electron chi connectivity index (χ4n) is 3.41. The first-order valence-electron chi connectivity index (χ1n) is 9.09. The van der Waals surface area contributed by atoms with Gasteiger partial charge in [0.1, 0.15) is 0 Å². The van der Waals surface area contributed by atoms with Crippen molar-refractivity contribution in [2.45, 2.75) is 12.0 Å². The molecule has 28 heavy (non-hydrogen) atoms. The van der Waals surface area contributed by atoms with E-state index in [-0.39, 0.29) is 12.0 Å². The Balaban J connectivity index is 1.84. The van der Waals surface area contributed by atoms with Crippen molar-refractivity contribution in [2.24, 2.45) is 4.99 Å². The van der Waals surface area contributed by atoms with Gasteiger partial charge in [0.15, 0.2) is 5.17 Å². The minimum absolute atomic E-state index is 0.0276. The number of nitriles is 1. The smallest absolute Gasteiger partial charge is 0.157 e. The Labute approximate surface area is 168 Å². The van der Waals surface area contributed by atoms with Gasteiger partial charge in [-0.15, -0.1) is 0 Å². The number of aromatic nitrogens is 2. The lowest BCUT2D eigenvalue weighted by atomic mass is 9.83. The Kier molecular flexibility index (Phi) is 5.64. The van der Waals surface area contributed by atoms with Gasteiger partial charge in [0.2, 0.25) is 0 Å². The molecule has 4 rings (SSSR count). The van der Waals surface area contributed by atoms with Gasteiger partial charge >= 0.3 is 0 Å². The van der Waals surface area contributed by atoms with Gasteiger partial charge in [0.05, 0.1) is 24.2 Å². The summed E-state index contributed by atoms with van der Waals surface area (Å²) in [5.74, 6) is 0.956. The normalized spacial score (nSPS) is 14.4. The molecule has 1 aromatic carbocycles. The molecule has 138 valence electrons. The topological polar surface area (TPSA) is 74.0 Å². The maximum Gasteiger partial charge on any atom is 0.157 e. The molecule has 5 nitrogen and oxygen atoms in total. The van der Waals surface area contributed by atoms with Crippen molar-refractivity contribution in [3.05, 3.63) is 95.6 Å². The van der Waals surface area contributed by atoms with Gasteiger partial charge < -0.3 is 5.32 Å². The molecule has 0 radical (unpaired) electrons. The number of benzene rings is 1. The van der Waals surface area contributed by atoms with Crippen molar-refractivity contribution >= 4 is 16.9 Å². The van der Waals surface area contributed by atoms with Crippen molar-refractivity contribution < 1.29 is 0 Å². The van der Waals surface area contributed by atoms with Crippen LogP contribution in [-0.2, 0) is 0 Å². The van der Waals surface area contributed by atoms with Crippen molar-refractivity contribution in [1.29, 1.82) is 5.26 Å². The number of nitrogens with one attached hydrogen (secondary N) is 1. The highest BCUT2D eigenvalue weighted by molar-refractivity contribution is 8.14. The van der Waals surface area contributed by atoms with E-state index in [2.05, 4.69) is 44.5 Å². The SMILES string of the molecule is N#Cc1cccc(C(NC2=NCCS2)C(c2cccnc2)c2cccnc2)c1. The van der Waals surface area contributed by atoms with E-state index < -0.39 is 0 Å². The van der Waals surface area contributed by atoms with Crippen LogP contribution in [-0.4, -0.2) is 27.4 Å². The van der Waals surface area contributed by atoms with Crippen molar-refractivity contribution in [3.63, 3.8) is 0 Å². The standard InChI is InChI=1S/C22H19N5S/c23-13-16-4-1-5-17(12-16)21(27-22-26-10-11-28-22)20(18-6-2-8-24-14-18)19-7-3-9-25-15-19/h1-9,12,14-15,20-21H,10-11H2,(H,26,27). The summed E-state index contributed by atoms with van der Waals surface area (Å²) in [5, 5.41) is 13.9. The van der Waals surface area contributed by atoms with Crippen LogP contribution >= 0.6 is 11.8 Å². The van der Waals surface area contributed by atoms with E-state index in [0.29, 0.717) is 5.56 Å². The van der Waals surface area contributed by atoms with Crippen LogP contribution in [0.2, 0.25) is 0 Å². The molecule has 1 N–H and O–H groups in total. The lowest BCUT2D eigenvalue weighted by molar-refractivity contribution is 0.571. The maximum atomic E-state index is 9.38. The fraction of sp³-hybridized carbons (Fsp3) is 0.182.